The molecule has 0 fully saturated rings. The molecule has 0 atom stereocenters. The fourth-order valence-electron chi connectivity index (χ4n) is 1.46. The SMILES string of the molecule is C=C/C(=C\C=C(C)C)OCCN(CC)CCC. The van der Waals surface area contributed by atoms with E-state index in [2.05, 4.69) is 39.2 Å². The maximum absolute atomic E-state index is 5.68. The number of rotatable bonds is 9. The fraction of sp³-hybridized carbons (Fsp3) is 0.600. The molecular formula is C15H27NO. The van der Waals surface area contributed by atoms with Crippen molar-refractivity contribution in [3.05, 3.63) is 36.1 Å². The lowest BCUT2D eigenvalue weighted by molar-refractivity contribution is 0.168. The Morgan fingerprint density at radius 1 is 1.18 bits per heavy atom. The van der Waals surface area contributed by atoms with Crippen molar-refractivity contribution in [2.75, 3.05) is 26.2 Å². The summed E-state index contributed by atoms with van der Waals surface area (Å²) in [5, 5.41) is 0. The molecule has 0 bridgehead atoms. The zero-order valence-electron chi connectivity index (χ0n) is 11.8. The third-order valence-electron chi connectivity index (χ3n) is 2.45. The Balaban J connectivity index is 4.03. The van der Waals surface area contributed by atoms with E-state index in [0.717, 1.165) is 32.0 Å². The largest absolute Gasteiger partial charge is 0.492 e. The predicted molar refractivity (Wildman–Crippen MR) is 76.1 cm³/mol. The Morgan fingerprint density at radius 3 is 2.35 bits per heavy atom. The normalized spacial score (nSPS) is 11.5. The van der Waals surface area contributed by atoms with E-state index < -0.39 is 0 Å². The van der Waals surface area contributed by atoms with Crippen molar-refractivity contribution in [3.8, 4) is 0 Å². The molecule has 0 saturated carbocycles. The van der Waals surface area contributed by atoms with E-state index in [1.807, 2.05) is 12.2 Å². The number of hydrogen-bond acceptors (Lipinski definition) is 2. The summed E-state index contributed by atoms with van der Waals surface area (Å²) in [4.78, 5) is 2.39. The molecule has 2 nitrogen and oxygen atoms in total. The van der Waals surface area contributed by atoms with Gasteiger partial charge in [0.15, 0.2) is 0 Å². The molecule has 98 valence electrons. The van der Waals surface area contributed by atoms with Crippen LogP contribution in [0.1, 0.15) is 34.1 Å². The standard InChI is InChI=1S/C15H27NO/c1-6-11-16(8-3)12-13-17-15(7-2)10-9-14(4)5/h7,9-10H,2,6,8,11-13H2,1,3-5H3/b15-10+. The minimum absolute atomic E-state index is 0.724. The highest BCUT2D eigenvalue weighted by Gasteiger charge is 2.00. The summed E-state index contributed by atoms with van der Waals surface area (Å²) in [7, 11) is 0. The van der Waals surface area contributed by atoms with E-state index in [-0.39, 0.29) is 0 Å². The molecule has 0 aromatic heterocycles. The van der Waals surface area contributed by atoms with Crippen LogP contribution in [0.3, 0.4) is 0 Å². The van der Waals surface area contributed by atoms with Gasteiger partial charge in [0.1, 0.15) is 12.4 Å². The van der Waals surface area contributed by atoms with Crippen molar-refractivity contribution in [2.45, 2.75) is 34.1 Å². The van der Waals surface area contributed by atoms with Gasteiger partial charge >= 0.3 is 0 Å². The molecule has 0 unspecified atom stereocenters. The van der Waals surface area contributed by atoms with Crippen LogP contribution < -0.4 is 0 Å². The Hall–Kier alpha value is -1.02. The number of allylic oxidation sites excluding steroid dienone is 4. The van der Waals surface area contributed by atoms with Gasteiger partial charge in [-0.2, -0.15) is 0 Å². The summed E-state index contributed by atoms with van der Waals surface area (Å²) in [5.41, 5.74) is 1.26. The van der Waals surface area contributed by atoms with E-state index in [1.165, 1.54) is 12.0 Å². The average Bonchev–Trinajstić information content (AvgIpc) is 2.31. The number of hydrogen-bond donors (Lipinski definition) is 0. The van der Waals surface area contributed by atoms with Gasteiger partial charge in [-0.25, -0.2) is 0 Å². The summed E-state index contributed by atoms with van der Waals surface area (Å²) >= 11 is 0. The van der Waals surface area contributed by atoms with Gasteiger partial charge in [0.25, 0.3) is 0 Å². The van der Waals surface area contributed by atoms with E-state index >= 15 is 0 Å². The molecule has 0 radical (unpaired) electrons. The zero-order chi connectivity index (χ0) is 13.1. The molecule has 0 aliphatic rings. The first-order valence-corrected chi connectivity index (χ1v) is 6.46. The van der Waals surface area contributed by atoms with Crippen LogP contribution in [0.4, 0.5) is 0 Å². The van der Waals surface area contributed by atoms with Crippen LogP contribution in [-0.4, -0.2) is 31.1 Å². The lowest BCUT2D eigenvalue weighted by Crippen LogP contribution is -2.28. The smallest absolute Gasteiger partial charge is 0.118 e. The molecule has 0 saturated heterocycles. The number of likely N-dealkylation sites (N-methyl/N-ethyl adjacent to an activating group) is 1. The van der Waals surface area contributed by atoms with E-state index in [9.17, 15) is 0 Å². The molecule has 0 aliphatic carbocycles. The van der Waals surface area contributed by atoms with Gasteiger partial charge < -0.3 is 9.64 Å². The first-order chi connectivity index (χ1) is 8.13. The quantitative estimate of drug-likeness (QED) is 0.447. The lowest BCUT2D eigenvalue weighted by atomic mass is 10.3. The van der Waals surface area contributed by atoms with Crippen LogP contribution in [-0.2, 0) is 4.74 Å². The van der Waals surface area contributed by atoms with Crippen molar-refractivity contribution in [2.24, 2.45) is 0 Å². The van der Waals surface area contributed by atoms with Crippen LogP contribution >= 0.6 is 0 Å². The maximum Gasteiger partial charge on any atom is 0.118 e. The molecule has 0 aromatic carbocycles. The van der Waals surface area contributed by atoms with Crippen molar-refractivity contribution >= 4 is 0 Å². The summed E-state index contributed by atoms with van der Waals surface area (Å²) in [5.74, 6) is 0.846. The van der Waals surface area contributed by atoms with E-state index in [1.54, 1.807) is 6.08 Å². The molecule has 17 heavy (non-hydrogen) atoms. The van der Waals surface area contributed by atoms with Gasteiger partial charge in [-0.15, -0.1) is 0 Å². The number of ether oxygens (including phenoxy) is 1. The first kappa shape index (κ1) is 16.0. The van der Waals surface area contributed by atoms with Gasteiger partial charge in [0, 0.05) is 6.54 Å². The van der Waals surface area contributed by atoms with Crippen LogP contribution in [0.5, 0.6) is 0 Å². The predicted octanol–water partition coefficient (Wildman–Crippen LogP) is 3.77. The molecule has 0 rings (SSSR count). The first-order valence-electron chi connectivity index (χ1n) is 6.46. The van der Waals surface area contributed by atoms with Crippen molar-refractivity contribution in [1.29, 1.82) is 0 Å². The van der Waals surface area contributed by atoms with E-state index in [4.69, 9.17) is 4.74 Å². The highest BCUT2D eigenvalue weighted by atomic mass is 16.5. The summed E-state index contributed by atoms with van der Waals surface area (Å²) in [6, 6.07) is 0. The van der Waals surface area contributed by atoms with E-state index in [0.29, 0.717) is 0 Å². The Kier molecular flexibility index (Phi) is 9.55. The van der Waals surface area contributed by atoms with Crippen LogP contribution in [0.25, 0.3) is 0 Å². The molecular weight excluding hydrogens is 210 g/mol. The number of nitrogens with zero attached hydrogens (tertiary/aromatic N) is 1. The van der Waals surface area contributed by atoms with Crippen molar-refractivity contribution in [3.63, 3.8) is 0 Å². The van der Waals surface area contributed by atoms with Crippen molar-refractivity contribution in [1.82, 2.24) is 4.90 Å². The third kappa shape index (κ3) is 8.75. The van der Waals surface area contributed by atoms with Gasteiger partial charge in [-0.3, -0.25) is 0 Å². The minimum atomic E-state index is 0.724. The highest BCUT2D eigenvalue weighted by molar-refractivity contribution is 5.18. The maximum atomic E-state index is 5.68. The third-order valence-corrected chi connectivity index (χ3v) is 2.45. The molecule has 0 aliphatic heterocycles. The molecule has 2 heteroatoms. The van der Waals surface area contributed by atoms with Crippen LogP contribution in [0.2, 0.25) is 0 Å². The fourth-order valence-corrected chi connectivity index (χ4v) is 1.46. The Labute approximate surface area is 107 Å². The minimum Gasteiger partial charge on any atom is -0.492 e. The second-order valence-electron chi connectivity index (χ2n) is 4.30. The summed E-state index contributed by atoms with van der Waals surface area (Å²) < 4.78 is 5.68. The topological polar surface area (TPSA) is 12.5 Å². The second-order valence-corrected chi connectivity index (χ2v) is 4.30. The van der Waals surface area contributed by atoms with Crippen LogP contribution in [0.15, 0.2) is 36.1 Å². The van der Waals surface area contributed by atoms with Gasteiger partial charge in [-0.1, -0.05) is 32.1 Å². The molecule has 0 spiro atoms. The molecule has 0 heterocycles. The summed E-state index contributed by atoms with van der Waals surface area (Å²) in [6.07, 6.45) is 6.96. The Morgan fingerprint density at radius 2 is 1.88 bits per heavy atom. The highest BCUT2D eigenvalue weighted by Crippen LogP contribution is 2.02. The monoisotopic (exact) mass is 237 g/mol. The zero-order valence-corrected chi connectivity index (χ0v) is 11.8. The van der Waals surface area contributed by atoms with Crippen molar-refractivity contribution < 1.29 is 4.74 Å². The molecule has 0 N–H and O–H groups in total. The van der Waals surface area contributed by atoms with Gasteiger partial charge in [0.05, 0.1) is 0 Å². The van der Waals surface area contributed by atoms with Gasteiger partial charge in [-0.05, 0) is 45.5 Å². The molecule has 0 amide bonds. The average molecular weight is 237 g/mol. The summed E-state index contributed by atoms with van der Waals surface area (Å²) in [6.45, 7) is 16.2. The Bertz CT molecular complexity index is 262. The lowest BCUT2D eigenvalue weighted by Gasteiger charge is -2.19. The second kappa shape index (κ2) is 10.2. The van der Waals surface area contributed by atoms with Gasteiger partial charge in [0.2, 0.25) is 0 Å². The van der Waals surface area contributed by atoms with Crippen LogP contribution in [0, 0.1) is 0 Å². The molecule has 0 aromatic rings.